The Morgan fingerprint density at radius 2 is 2.00 bits per heavy atom. The molecular weight excluding hydrogens is 392 g/mol. The lowest BCUT2D eigenvalue weighted by molar-refractivity contribution is 0.620. The molecule has 7 heteroatoms. The van der Waals surface area contributed by atoms with E-state index >= 15 is 0 Å². The minimum atomic E-state index is 0.390. The molecule has 0 radical (unpaired) electrons. The first-order chi connectivity index (χ1) is 11.0. The van der Waals surface area contributed by atoms with E-state index in [9.17, 15) is 0 Å². The van der Waals surface area contributed by atoms with Crippen LogP contribution in [0.4, 0.5) is 5.82 Å². The molecule has 0 bridgehead atoms. The summed E-state index contributed by atoms with van der Waals surface area (Å²) in [6.07, 6.45) is 1.74. The predicted molar refractivity (Wildman–Crippen MR) is 106 cm³/mol. The molecule has 0 aliphatic carbocycles. The van der Waals surface area contributed by atoms with Crippen LogP contribution < -0.4 is 5.32 Å². The molecule has 0 saturated heterocycles. The Morgan fingerprint density at radius 3 is 2.65 bits per heavy atom. The number of rotatable bonds is 3. The molecule has 0 spiro atoms. The van der Waals surface area contributed by atoms with Crippen LogP contribution in [0.25, 0.3) is 0 Å². The number of halogens is 1. The van der Waals surface area contributed by atoms with Gasteiger partial charge in [0.1, 0.15) is 11.7 Å². The van der Waals surface area contributed by atoms with E-state index in [1.807, 2.05) is 50.2 Å². The van der Waals surface area contributed by atoms with Gasteiger partial charge in [0.15, 0.2) is 5.11 Å². The summed E-state index contributed by atoms with van der Waals surface area (Å²) in [5.41, 5.74) is 0. The number of pyridine rings is 1. The third kappa shape index (κ3) is 5.60. The number of benzene rings is 1. The first kappa shape index (κ1) is 17.9. The van der Waals surface area contributed by atoms with E-state index in [1.165, 1.54) is 0 Å². The van der Waals surface area contributed by atoms with Crippen LogP contribution in [0.2, 0.25) is 0 Å². The Morgan fingerprint density at radius 1 is 1.30 bits per heavy atom. The van der Waals surface area contributed by atoms with Crippen molar-refractivity contribution >= 4 is 56.7 Å². The fourth-order valence-corrected chi connectivity index (χ4v) is 3.23. The average Bonchev–Trinajstić information content (AvgIpc) is 2.51. The van der Waals surface area contributed by atoms with Crippen LogP contribution in [0, 0.1) is 0 Å². The van der Waals surface area contributed by atoms with Gasteiger partial charge in [-0.1, -0.05) is 30.0 Å². The molecule has 1 aromatic carbocycles. The zero-order valence-electron chi connectivity index (χ0n) is 13.1. The number of nitrogens with zero attached hydrogens (tertiary/aromatic N) is 3. The van der Waals surface area contributed by atoms with Crippen molar-refractivity contribution in [1.82, 2.24) is 9.88 Å². The van der Waals surface area contributed by atoms with Crippen molar-refractivity contribution in [2.24, 2.45) is 4.99 Å². The average molecular weight is 409 g/mol. The zero-order chi connectivity index (χ0) is 16.8. The van der Waals surface area contributed by atoms with Gasteiger partial charge in [0.2, 0.25) is 0 Å². The van der Waals surface area contributed by atoms with E-state index in [-0.39, 0.29) is 0 Å². The molecule has 120 valence electrons. The Balaban J connectivity index is 2.22. The van der Waals surface area contributed by atoms with Crippen molar-refractivity contribution in [2.45, 2.75) is 16.7 Å². The maximum absolute atomic E-state index is 5.30. The molecule has 0 atom stereocenters. The number of amidine groups is 1. The highest BCUT2D eigenvalue weighted by Gasteiger charge is 2.09. The molecule has 0 amide bonds. The summed E-state index contributed by atoms with van der Waals surface area (Å²) in [5.74, 6) is 1.53. The maximum atomic E-state index is 5.30. The van der Waals surface area contributed by atoms with Gasteiger partial charge in [-0.2, -0.15) is 0 Å². The number of hydrogen-bond donors (Lipinski definition) is 1. The fourth-order valence-electron chi connectivity index (χ4n) is 1.58. The highest BCUT2D eigenvalue weighted by molar-refractivity contribution is 9.10. The minimum absolute atomic E-state index is 0.390. The van der Waals surface area contributed by atoms with Gasteiger partial charge in [0.05, 0.1) is 4.90 Å². The van der Waals surface area contributed by atoms with Crippen LogP contribution in [0.5, 0.6) is 0 Å². The normalized spacial score (nSPS) is 11.2. The molecule has 1 heterocycles. The quantitative estimate of drug-likeness (QED) is 0.453. The van der Waals surface area contributed by atoms with E-state index in [1.54, 1.807) is 18.0 Å². The third-order valence-corrected chi connectivity index (χ3v) is 4.59. The summed E-state index contributed by atoms with van der Waals surface area (Å²) < 4.78 is 0.917. The lowest BCUT2D eigenvalue weighted by Gasteiger charge is -2.13. The molecule has 23 heavy (non-hydrogen) atoms. The molecule has 0 fully saturated rings. The van der Waals surface area contributed by atoms with Gasteiger partial charge in [0.25, 0.3) is 0 Å². The Labute approximate surface area is 154 Å². The van der Waals surface area contributed by atoms with Gasteiger partial charge in [-0.05, 0) is 53.3 Å². The molecule has 1 aromatic heterocycles. The maximum Gasteiger partial charge on any atom is 0.200 e. The lowest BCUT2D eigenvalue weighted by atomic mass is 10.4. The number of thiocarbonyl (C=S) groups is 1. The van der Waals surface area contributed by atoms with E-state index < -0.39 is 0 Å². The summed E-state index contributed by atoms with van der Waals surface area (Å²) in [7, 11) is 3.85. The van der Waals surface area contributed by atoms with Crippen LogP contribution in [0.3, 0.4) is 0 Å². The second-order valence-electron chi connectivity index (χ2n) is 4.90. The Bertz CT molecular complexity index is 717. The van der Waals surface area contributed by atoms with Crippen molar-refractivity contribution in [3.8, 4) is 0 Å². The van der Waals surface area contributed by atoms with Crippen molar-refractivity contribution in [3.05, 3.63) is 47.1 Å². The van der Waals surface area contributed by atoms with Gasteiger partial charge in [0, 0.05) is 29.7 Å². The van der Waals surface area contributed by atoms with Crippen molar-refractivity contribution < 1.29 is 0 Å². The Kier molecular flexibility index (Phi) is 6.56. The number of nitrogens with one attached hydrogen (secondary N) is 1. The predicted octanol–water partition coefficient (Wildman–Crippen LogP) is 4.67. The third-order valence-electron chi connectivity index (χ3n) is 2.93. The van der Waals surface area contributed by atoms with Crippen molar-refractivity contribution in [2.75, 3.05) is 19.4 Å². The minimum Gasteiger partial charge on any atom is -0.366 e. The number of aliphatic imine (C=N–C) groups is 1. The van der Waals surface area contributed by atoms with E-state index in [4.69, 9.17) is 12.2 Å². The van der Waals surface area contributed by atoms with Crippen molar-refractivity contribution in [3.63, 3.8) is 0 Å². The highest BCUT2D eigenvalue weighted by atomic mass is 79.9. The Hall–Kier alpha value is -1.44. The van der Waals surface area contributed by atoms with Crippen LogP contribution in [0.15, 0.2) is 61.9 Å². The van der Waals surface area contributed by atoms with Crippen molar-refractivity contribution in [1.29, 1.82) is 0 Å². The largest absolute Gasteiger partial charge is 0.366 e. The van der Waals surface area contributed by atoms with Gasteiger partial charge in [-0.3, -0.25) is 0 Å². The van der Waals surface area contributed by atoms with Crippen LogP contribution in [-0.4, -0.2) is 34.9 Å². The molecule has 0 saturated carbocycles. The molecular formula is C16H17BrN4S2. The van der Waals surface area contributed by atoms with Crippen LogP contribution in [0.1, 0.15) is 6.92 Å². The molecule has 2 aromatic rings. The number of hydrogen-bond acceptors (Lipinski definition) is 3. The molecule has 2 rings (SSSR count). The number of aromatic nitrogens is 1. The van der Waals surface area contributed by atoms with Gasteiger partial charge >= 0.3 is 0 Å². The zero-order valence-corrected chi connectivity index (χ0v) is 16.3. The second-order valence-corrected chi connectivity index (χ2v) is 7.32. The topological polar surface area (TPSA) is 40.5 Å². The first-order valence-electron chi connectivity index (χ1n) is 6.88. The summed E-state index contributed by atoms with van der Waals surface area (Å²) in [6.45, 7) is 1.91. The standard InChI is InChI=1S/C16H17BrN4S2/c1-11(21(2)3)19-16(22)20-15-14(9-12(17)10-18-15)23-13-7-5-4-6-8-13/h4-10H,1-3H3,(H,18,20,22). The summed E-state index contributed by atoms with van der Waals surface area (Å²) in [5, 5.41) is 3.50. The summed E-state index contributed by atoms with van der Waals surface area (Å²) in [6, 6.07) is 12.1. The SMILES string of the molecule is CC(=NC(=S)Nc1ncc(Br)cc1Sc1ccccc1)N(C)C. The summed E-state index contributed by atoms with van der Waals surface area (Å²) >= 11 is 10.4. The monoisotopic (exact) mass is 408 g/mol. The molecule has 1 N–H and O–H groups in total. The summed E-state index contributed by atoms with van der Waals surface area (Å²) in [4.78, 5) is 12.8. The molecule has 0 unspecified atom stereocenters. The van der Waals surface area contributed by atoms with Gasteiger partial charge in [-0.15, -0.1) is 0 Å². The highest BCUT2D eigenvalue weighted by Crippen LogP contribution is 2.34. The second kappa shape index (κ2) is 8.42. The van der Waals surface area contributed by atoms with Crippen LogP contribution >= 0.6 is 39.9 Å². The number of anilines is 1. The smallest absolute Gasteiger partial charge is 0.200 e. The van der Waals surface area contributed by atoms with E-state index in [0.29, 0.717) is 10.9 Å². The van der Waals surface area contributed by atoms with E-state index in [2.05, 4.69) is 43.4 Å². The first-order valence-corrected chi connectivity index (χ1v) is 8.89. The lowest BCUT2D eigenvalue weighted by Crippen LogP contribution is -2.21. The van der Waals surface area contributed by atoms with E-state index in [0.717, 1.165) is 20.1 Å². The molecule has 0 aliphatic rings. The molecule has 0 aliphatic heterocycles. The molecule has 4 nitrogen and oxygen atoms in total. The van der Waals surface area contributed by atoms with Crippen LogP contribution in [-0.2, 0) is 0 Å². The van der Waals surface area contributed by atoms with Gasteiger partial charge in [-0.25, -0.2) is 9.98 Å². The van der Waals surface area contributed by atoms with Gasteiger partial charge < -0.3 is 10.2 Å². The fraction of sp³-hybridized carbons (Fsp3) is 0.188.